The van der Waals surface area contributed by atoms with E-state index in [9.17, 15) is 18.7 Å². The Hall–Kier alpha value is -2.35. The first-order chi connectivity index (χ1) is 11.6. The summed E-state index contributed by atoms with van der Waals surface area (Å²) in [6, 6.07) is 3.40. The van der Waals surface area contributed by atoms with E-state index >= 15 is 0 Å². The molecule has 0 saturated carbocycles. The highest BCUT2D eigenvalue weighted by Crippen LogP contribution is 2.19. The number of benzene rings is 1. The summed E-state index contributed by atoms with van der Waals surface area (Å²) in [5.41, 5.74) is -0.0281. The lowest BCUT2D eigenvalue weighted by Gasteiger charge is -2.33. The van der Waals surface area contributed by atoms with Crippen molar-refractivity contribution in [1.29, 1.82) is 0 Å². The molecule has 0 radical (unpaired) electrons. The number of halogens is 2. The highest BCUT2D eigenvalue weighted by atomic mass is 19.1. The number of aliphatic hydroxyl groups is 1. The van der Waals surface area contributed by atoms with Gasteiger partial charge in [-0.05, 0) is 31.4 Å². The average Bonchev–Trinajstić information content (AvgIpc) is 3.06. The quantitative estimate of drug-likeness (QED) is 0.920. The molecule has 1 fully saturated rings. The van der Waals surface area contributed by atoms with Crippen molar-refractivity contribution in [2.75, 3.05) is 13.2 Å². The van der Waals surface area contributed by atoms with Gasteiger partial charge in [0.1, 0.15) is 11.6 Å². The number of nitrogens with zero attached hydrogens (tertiary/aromatic N) is 4. The molecular formula is C16H18F2N4O2. The normalized spacial score (nSPS) is 18.0. The highest BCUT2D eigenvalue weighted by Gasteiger charge is 2.28. The Morgan fingerprint density at radius 3 is 2.75 bits per heavy atom. The number of aromatic nitrogens is 3. The summed E-state index contributed by atoms with van der Waals surface area (Å²) in [7, 11) is 0. The lowest BCUT2D eigenvalue weighted by molar-refractivity contribution is 0.0497. The molecule has 24 heavy (non-hydrogen) atoms. The minimum Gasteiger partial charge on any atom is -0.394 e. The Morgan fingerprint density at radius 1 is 1.29 bits per heavy atom. The molecule has 1 atom stereocenters. The van der Waals surface area contributed by atoms with Crippen molar-refractivity contribution in [2.24, 2.45) is 0 Å². The van der Waals surface area contributed by atoms with Crippen LogP contribution in [0.15, 0.2) is 24.4 Å². The Morgan fingerprint density at radius 2 is 2.04 bits per heavy atom. The topological polar surface area (TPSA) is 71.2 Å². The van der Waals surface area contributed by atoms with Crippen molar-refractivity contribution in [2.45, 2.75) is 31.8 Å². The SMILES string of the molecule is O=C(c1cn(Cc2c(F)cccc2F)nn1)N1CCCC[C@H]1CO. The molecule has 2 aromatic rings. The molecule has 1 aromatic heterocycles. The van der Waals surface area contributed by atoms with Gasteiger partial charge in [0.2, 0.25) is 0 Å². The predicted molar refractivity (Wildman–Crippen MR) is 81.2 cm³/mol. The van der Waals surface area contributed by atoms with Crippen LogP contribution in [0.3, 0.4) is 0 Å². The summed E-state index contributed by atoms with van der Waals surface area (Å²) in [5, 5.41) is 17.0. The van der Waals surface area contributed by atoms with Crippen molar-refractivity contribution in [3.05, 3.63) is 47.3 Å². The van der Waals surface area contributed by atoms with Crippen LogP contribution < -0.4 is 0 Å². The van der Waals surface area contributed by atoms with E-state index in [0.29, 0.717) is 6.54 Å². The van der Waals surface area contributed by atoms with E-state index in [2.05, 4.69) is 10.3 Å². The zero-order valence-corrected chi connectivity index (χ0v) is 13.0. The molecule has 0 aliphatic carbocycles. The molecule has 1 aliphatic rings. The van der Waals surface area contributed by atoms with Crippen molar-refractivity contribution >= 4 is 5.91 Å². The van der Waals surface area contributed by atoms with Crippen LogP contribution in [0.4, 0.5) is 8.78 Å². The van der Waals surface area contributed by atoms with Crippen molar-refractivity contribution in [3.8, 4) is 0 Å². The molecule has 1 amide bonds. The Labute approximate surface area is 137 Å². The number of likely N-dealkylation sites (tertiary alicyclic amines) is 1. The standard InChI is InChI=1S/C16H18F2N4O2/c17-13-5-3-6-14(18)12(13)8-21-9-15(19-20-21)16(24)22-7-2-1-4-11(22)10-23/h3,5-6,9,11,23H,1-2,4,7-8,10H2/t11-/m0/s1. The molecule has 8 heteroatoms. The third-order valence-corrected chi connectivity index (χ3v) is 4.24. The largest absolute Gasteiger partial charge is 0.394 e. The van der Waals surface area contributed by atoms with E-state index < -0.39 is 11.6 Å². The third-order valence-electron chi connectivity index (χ3n) is 4.24. The minimum absolute atomic E-state index is 0.0969. The van der Waals surface area contributed by atoms with E-state index in [4.69, 9.17) is 0 Å². The van der Waals surface area contributed by atoms with Gasteiger partial charge in [0.15, 0.2) is 5.69 Å². The molecule has 128 valence electrons. The van der Waals surface area contributed by atoms with Crippen molar-refractivity contribution < 1.29 is 18.7 Å². The van der Waals surface area contributed by atoms with Gasteiger partial charge in [-0.2, -0.15) is 0 Å². The number of piperidine rings is 1. The zero-order valence-electron chi connectivity index (χ0n) is 13.0. The van der Waals surface area contributed by atoms with Crippen molar-refractivity contribution in [3.63, 3.8) is 0 Å². The highest BCUT2D eigenvalue weighted by molar-refractivity contribution is 5.92. The summed E-state index contributed by atoms with van der Waals surface area (Å²) in [6.07, 6.45) is 3.96. The summed E-state index contributed by atoms with van der Waals surface area (Å²) in [4.78, 5) is 14.1. The van der Waals surface area contributed by atoms with Crippen LogP contribution in [0.5, 0.6) is 0 Å². The van der Waals surface area contributed by atoms with E-state index in [-0.39, 0.29) is 36.4 Å². The second-order valence-electron chi connectivity index (χ2n) is 5.83. The van der Waals surface area contributed by atoms with Gasteiger partial charge >= 0.3 is 0 Å². The fourth-order valence-electron chi connectivity index (χ4n) is 2.92. The maximum Gasteiger partial charge on any atom is 0.276 e. The molecule has 3 rings (SSSR count). The van der Waals surface area contributed by atoms with Crippen LogP contribution in [-0.2, 0) is 6.54 Å². The number of hydrogen-bond acceptors (Lipinski definition) is 4. The molecule has 2 heterocycles. The Bertz CT molecular complexity index is 714. The Balaban J connectivity index is 1.76. The summed E-state index contributed by atoms with van der Waals surface area (Å²) in [6.45, 7) is 0.307. The molecule has 1 saturated heterocycles. The first kappa shape index (κ1) is 16.5. The number of carbonyl (C=O) groups excluding carboxylic acids is 1. The van der Waals surface area contributed by atoms with Gasteiger partial charge in [-0.25, -0.2) is 13.5 Å². The number of rotatable bonds is 4. The van der Waals surface area contributed by atoms with Gasteiger partial charge in [0, 0.05) is 12.1 Å². The second kappa shape index (κ2) is 7.04. The van der Waals surface area contributed by atoms with Gasteiger partial charge < -0.3 is 10.0 Å². The number of amides is 1. The molecule has 0 bridgehead atoms. The van der Waals surface area contributed by atoms with E-state index in [1.807, 2.05) is 0 Å². The van der Waals surface area contributed by atoms with Gasteiger partial charge in [-0.1, -0.05) is 11.3 Å². The monoisotopic (exact) mass is 336 g/mol. The van der Waals surface area contributed by atoms with Crippen LogP contribution in [0.25, 0.3) is 0 Å². The molecule has 1 aromatic carbocycles. The summed E-state index contributed by atoms with van der Waals surface area (Å²) < 4.78 is 28.6. The Kier molecular flexibility index (Phi) is 4.84. The minimum atomic E-state index is -0.672. The molecule has 0 spiro atoms. The molecule has 0 unspecified atom stereocenters. The van der Waals surface area contributed by atoms with Crippen LogP contribution in [0, 0.1) is 11.6 Å². The van der Waals surface area contributed by atoms with Crippen LogP contribution in [0.1, 0.15) is 35.3 Å². The smallest absolute Gasteiger partial charge is 0.276 e. The number of carbonyl (C=O) groups is 1. The maximum atomic E-state index is 13.7. The third kappa shape index (κ3) is 3.28. The van der Waals surface area contributed by atoms with Gasteiger partial charge in [-0.15, -0.1) is 5.10 Å². The van der Waals surface area contributed by atoms with Crippen molar-refractivity contribution in [1.82, 2.24) is 19.9 Å². The summed E-state index contributed by atoms with van der Waals surface area (Å²) in [5.74, 6) is -1.67. The van der Waals surface area contributed by atoms with Crippen LogP contribution in [0.2, 0.25) is 0 Å². The number of hydrogen-bond donors (Lipinski definition) is 1. The predicted octanol–water partition coefficient (Wildman–Crippen LogP) is 1.59. The van der Waals surface area contributed by atoms with Gasteiger partial charge in [-0.3, -0.25) is 4.79 Å². The lowest BCUT2D eigenvalue weighted by Crippen LogP contribution is -2.45. The van der Waals surface area contributed by atoms with E-state index in [0.717, 1.165) is 19.3 Å². The lowest BCUT2D eigenvalue weighted by atomic mass is 10.0. The van der Waals surface area contributed by atoms with Gasteiger partial charge in [0.05, 0.1) is 25.4 Å². The average molecular weight is 336 g/mol. The van der Waals surface area contributed by atoms with Crippen LogP contribution >= 0.6 is 0 Å². The number of aliphatic hydroxyl groups excluding tert-OH is 1. The van der Waals surface area contributed by atoms with Crippen LogP contribution in [-0.4, -0.2) is 50.1 Å². The summed E-state index contributed by atoms with van der Waals surface area (Å²) >= 11 is 0. The molecular weight excluding hydrogens is 318 g/mol. The molecule has 1 N–H and O–H groups in total. The molecule has 6 nitrogen and oxygen atoms in total. The molecule has 1 aliphatic heterocycles. The second-order valence-corrected chi connectivity index (χ2v) is 5.83. The van der Waals surface area contributed by atoms with E-state index in [1.165, 1.54) is 29.1 Å². The maximum absolute atomic E-state index is 13.7. The first-order valence-corrected chi connectivity index (χ1v) is 7.85. The fraction of sp³-hybridized carbons (Fsp3) is 0.438. The first-order valence-electron chi connectivity index (χ1n) is 7.85. The zero-order chi connectivity index (χ0) is 17.1. The van der Waals surface area contributed by atoms with Gasteiger partial charge in [0.25, 0.3) is 5.91 Å². The van der Waals surface area contributed by atoms with E-state index in [1.54, 1.807) is 4.90 Å². The fourth-order valence-corrected chi connectivity index (χ4v) is 2.92.